The monoisotopic (exact) mass is 194 g/mol. The fraction of sp³-hybridized carbons (Fsp3) is 1.00. The van der Waals surface area contributed by atoms with E-state index in [1.165, 1.54) is 19.3 Å². The first-order chi connectivity index (χ1) is 6.80. The van der Waals surface area contributed by atoms with Crippen molar-refractivity contribution in [2.24, 2.45) is 23.2 Å². The molecule has 0 N–H and O–H groups in total. The molecule has 1 heteroatoms. The summed E-state index contributed by atoms with van der Waals surface area (Å²) < 4.78 is 5.72. The molecular formula is C13H22O. The maximum Gasteiger partial charge on any atom is 0.0522 e. The molecule has 14 heavy (non-hydrogen) atoms. The summed E-state index contributed by atoms with van der Waals surface area (Å²) in [5.41, 5.74) is 0.630. The largest absolute Gasteiger partial charge is 0.381 e. The molecule has 0 saturated heterocycles. The molecule has 4 fully saturated rings. The van der Waals surface area contributed by atoms with Crippen molar-refractivity contribution < 1.29 is 4.74 Å². The van der Waals surface area contributed by atoms with Gasteiger partial charge in [0, 0.05) is 6.61 Å². The standard InChI is InChI=1S/C13H22O/c1-2-14-9-13-6-10-3-11(7-13)5-12(4-10)8-13/h10-12H,2-9H2,1H3. The predicted molar refractivity (Wildman–Crippen MR) is 57.1 cm³/mol. The second-order valence-corrected chi connectivity index (χ2v) is 6.05. The average Bonchev–Trinajstić information content (AvgIpc) is 2.12. The first-order valence-corrected chi connectivity index (χ1v) is 6.37. The molecule has 0 aromatic rings. The summed E-state index contributed by atoms with van der Waals surface area (Å²) in [7, 11) is 0. The van der Waals surface area contributed by atoms with E-state index in [1.54, 1.807) is 19.3 Å². The molecule has 0 heterocycles. The van der Waals surface area contributed by atoms with Crippen LogP contribution in [0.25, 0.3) is 0 Å². The molecule has 4 bridgehead atoms. The summed E-state index contributed by atoms with van der Waals surface area (Å²) in [6.07, 6.45) is 9.10. The smallest absolute Gasteiger partial charge is 0.0522 e. The number of ether oxygens (including phenoxy) is 1. The van der Waals surface area contributed by atoms with Gasteiger partial charge in [-0.2, -0.15) is 0 Å². The predicted octanol–water partition coefficient (Wildman–Crippen LogP) is 3.24. The molecule has 0 spiro atoms. The van der Waals surface area contributed by atoms with Gasteiger partial charge in [-0.25, -0.2) is 0 Å². The van der Waals surface area contributed by atoms with Crippen molar-refractivity contribution >= 4 is 0 Å². The van der Waals surface area contributed by atoms with Crippen LogP contribution in [0.4, 0.5) is 0 Å². The average molecular weight is 194 g/mol. The highest BCUT2D eigenvalue weighted by atomic mass is 16.5. The van der Waals surface area contributed by atoms with Crippen molar-refractivity contribution in [2.45, 2.75) is 45.4 Å². The molecule has 0 unspecified atom stereocenters. The van der Waals surface area contributed by atoms with Crippen molar-refractivity contribution in [3.63, 3.8) is 0 Å². The van der Waals surface area contributed by atoms with Crippen LogP contribution in [0.3, 0.4) is 0 Å². The molecule has 1 nitrogen and oxygen atoms in total. The Balaban J connectivity index is 1.74. The summed E-state index contributed by atoms with van der Waals surface area (Å²) in [4.78, 5) is 0. The van der Waals surface area contributed by atoms with Crippen LogP contribution < -0.4 is 0 Å². The van der Waals surface area contributed by atoms with Crippen molar-refractivity contribution in [1.29, 1.82) is 0 Å². The summed E-state index contributed by atoms with van der Waals surface area (Å²) in [6.45, 7) is 4.09. The van der Waals surface area contributed by atoms with E-state index in [0.717, 1.165) is 31.0 Å². The van der Waals surface area contributed by atoms with Gasteiger partial charge in [0.25, 0.3) is 0 Å². The Morgan fingerprint density at radius 3 is 1.93 bits per heavy atom. The highest BCUT2D eigenvalue weighted by Gasteiger charge is 2.50. The minimum atomic E-state index is 0.630. The fourth-order valence-corrected chi connectivity index (χ4v) is 4.79. The van der Waals surface area contributed by atoms with E-state index in [0.29, 0.717) is 5.41 Å². The second-order valence-electron chi connectivity index (χ2n) is 6.05. The van der Waals surface area contributed by atoms with Crippen molar-refractivity contribution in [3.05, 3.63) is 0 Å². The molecule has 4 saturated carbocycles. The second kappa shape index (κ2) is 3.23. The minimum Gasteiger partial charge on any atom is -0.381 e. The topological polar surface area (TPSA) is 9.23 Å². The lowest BCUT2D eigenvalue weighted by atomic mass is 9.50. The van der Waals surface area contributed by atoms with Crippen LogP contribution in [0.2, 0.25) is 0 Å². The zero-order chi connectivity index (χ0) is 9.60. The van der Waals surface area contributed by atoms with Crippen LogP contribution in [0.1, 0.15) is 45.4 Å². The third-order valence-corrected chi connectivity index (χ3v) is 4.78. The van der Waals surface area contributed by atoms with Gasteiger partial charge in [-0.15, -0.1) is 0 Å². The van der Waals surface area contributed by atoms with Crippen molar-refractivity contribution in [1.82, 2.24) is 0 Å². The fourth-order valence-electron chi connectivity index (χ4n) is 4.79. The van der Waals surface area contributed by atoms with Crippen LogP contribution in [0.5, 0.6) is 0 Å². The highest BCUT2D eigenvalue weighted by molar-refractivity contribution is 5.01. The van der Waals surface area contributed by atoms with Crippen LogP contribution >= 0.6 is 0 Å². The number of hydrogen-bond acceptors (Lipinski definition) is 1. The molecule has 0 radical (unpaired) electrons. The Morgan fingerprint density at radius 1 is 1.00 bits per heavy atom. The first-order valence-electron chi connectivity index (χ1n) is 6.37. The van der Waals surface area contributed by atoms with E-state index < -0.39 is 0 Å². The molecule has 4 aliphatic carbocycles. The van der Waals surface area contributed by atoms with Crippen LogP contribution in [0, 0.1) is 23.2 Å². The zero-order valence-corrected chi connectivity index (χ0v) is 9.30. The van der Waals surface area contributed by atoms with Gasteiger partial charge in [0.1, 0.15) is 0 Å². The third kappa shape index (κ3) is 1.41. The molecule has 4 aliphatic rings. The number of hydrogen-bond donors (Lipinski definition) is 0. The SMILES string of the molecule is CCOCC12CC3CC(CC(C3)C1)C2. The van der Waals surface area contributed by atoms with Crippen LogP contribution in [0.15, 0.2) is 0 Å². The van der Waals surface area contributed by atoms with Gasteiger partial charge in [-0.05, 0) is 68.6 Å². The van der Waals surface area contributed by atoms with E-state index in [2.05, 4.69) is 6.92 Å². The van der Waals surface area contributed by atoms with E-state index in [4.69, 9.17) is 4.74 Å². The van der Waals surface area contributed by atoms with Gasteiger partial charge in [-0.1, -0.05) is 0 Å². The van der Waals surface area contributed by atoms with Gasteiger partial charge in [0.05, 0.1) is 6.61 Å². The lowest BCUT2D eigenvalue weighted by molar-refractivity contribution is -0.0947. The number of rotatable bonds is 3. The lowest BCUT2D eigenvalue weighted by Gasteiger charge is -2.56. The Morgan fingerprint density at radius 2 is 1.50 bits per heavy atom. The normalized spacial score (nSPS) is 49.9. The van der Waals surface area contributed by atoms with Gasteiger partial charge in [-0.3, -0.25) is 0 Å². The maximum atomic E-state index is 5.72. The van der Waals surface area contributed by atoms with E-state index in [9.17, 15) is 0 Å². The van der Waals surface area contributed by atoms with Crippen LogP contribution in [-0.2, 0) is 4.74 Å². The summed E-state index contributed by atoms with van der Waals surface area (Å²) in [5, 5.41) is 0. The Hall–Kier alpha value is -0.0400. The molecule has 4 rings (SSSR count). The van der Waals surface area contributed by atoms with Crippen molar-refractivity contribution in [3.8, 4) is 0 Å². The summed E-state index contributed by atoms with van der Waals surface area (Å²) >= 11 is 0. The molecule has 0 aliphatic heterocycles. The van der Waals surface area contributed by atoms with Crippen LogP contribution in [-0.4, -0.2) is 13.2 Å². The van der Waals surface area contributed by atoms with E-state index in [1.807, 2.05) is 0 Å². The molecule has 0 atom stereocenters. The molecule has 0 amide bonds. The van der Waals surface area contributed by atoms with Crippen molar-refractivity contribution in [2.75, 3.05) is 13.2 Å². The Bertz CT molecular complexity index is 186. The Kier molecular flexibility index (Phi) is 2.12. The van der Waals surface area contributed by atoms with Gasteiger partial charge in [0.2, 0.25) is 0 Å². The van der Waals surface area contributed by atoms with Gasteiger partial charge >= 0.3 is 0 Å². The van der Waals surface area contributed by atoms with Gasteiger partial charge in [0.15, 0.2) is 0 Å². The maximum absolute atomic E-state index is 5.72. The summed E-state index contributed by atoms with van der Waals surface area (Å²) in [5.74, 6) is 3.21. The molecule has 80 valence electrons. The van der Waals surface area contributed by atoms with E-state index in [-0.39, 0.29) is 0 Å². The zero-order valence-electron chi connectivity index (χ0n) is 9.30. The first kappa shape index (κ1) is 9.21. The highest BCUT2D eigenvalue weighted by Crippen LogP contribution is 2.59. The van der Waals surface area contributed by atoms with Gasteiger partial charge < -0.3 is 4.74 Å². The quantitative estimate of drug-likeness (QED) is 0.670. The molecule has 0 aromatic heterocycles. The minimum absolute atomic E-state index is 0.630. The van der Waals surface area contributed by atoms with E-state index >= 15 is 0 Å². The lowest BCUT2D eigenvalue weighted by Crippen LogP contribution is -2.48. The molecular weight excluding hydrogens is 172 g/mol. The molecule has 0 aromatic carbocycles. The summed E-state index contributed by atoms with van der Waals surface area (Å²) in [6, 6.07) is 0. The Labute approximate surface area is 87.2 Å². The third-order valence-electron chi connectivity index (χ3n) is 4.78.